The van der Waals surface area contributed by atoms with Gasteiger partial charge in [-0.3, -0.25) is 0 Å². The number of rotatable bonds is 1. The molecule has 4 aromatic rings. The van der Waals surface area contributed by atoms with Gasteiger partial charge in [0.15, 0.2) is 0 Å². The second kappa shape index (κ2) is 6.88. The van der Waals surface area contributed by atoms with Gasteiger partial charge in [0.1, 0.15) is 5.01 Å². The van der Waals surface area contributed by atoms with Crippen LogP contribution in [0.2, 0.25) is 0 Å². The van der Waals surface area contributed by atoms with Crippen molar-refractivity contribution in [1.82, 2.24) is 4.98 Å². The number of hydrogen-bond acceptors (Lipinski definition) is 2. The Morgan fingerprint density at radius 2 is 1.40 bits per heavy atom. The minimum absolute atomic E-state index is 0.0628. The zero-order valence-corrected chi connectivity index (χ0v) is 18.4. The summed E-state index contributed by atoms with van der Waals surface area (Å²) in [5.41, 5.74) is 9.59. The number of aromatic nitrogens is 1. The monoisotopic (exact) mass is 403 g/mol. The van der Waals surface area contributed by atoms with Crippen LogP contribution in [0.3, 0.4) is 0 Å². The van der Waals surface area contributed by atoms with E-state index in [0.29, 0.717) is 0 Å². The Morgan fingerprint density at radius 1 is 0.767 bits per heavy atom. The van der Waals surface area contributed by atoms with Gasteiger partial charge in [-0.05, 0) is 72.5 Å². The van der Waals surface area contributed by atoms with Crippen molar-refractivity contribution in [2.24, 2.45) is 0 Å². The van der Waals surface area contributed by atoms with E-state index in [1.807, 2.05) is 19.9 Å². The van der Waals surface area contributed by atoms with Crippen molar-refractivity contribution < 1.29 is 0 Å². The minimum atomic E-state index is -0.0628. The van der Waals surface area contributed by atoms with Gasteiger partial charge in [-0.25, -0.2) is 4.98 Å². The van der Waals surface area contributed by atoms with E-state index in [0.717, 1.165) is 21.7 Å². The van der Waals surface area contributed by atoms with Crippen LogP contribution in [0.25, 0.3) is 31.9 Å². The second-order valence-electron chi connectivity index (χ2n) is 8.10. The summed E-state index contributed by atoms with van der Waals surface area (Å²) < 4.78 is 1.18. The highest BCUT2D eigenvalue weighted by molar-refractivity contribution is 7.21. The third kappa shape index (κ3) is 2.85. The lowest BCUT2D eigenvalue weighted by atomic mass is 9.81. The zero-order valence-electron chi connectivity index (χ0n) is 17.6. The lowest BCUT2D eigenvalue weighted by Crippen LogP contribution is -2.15. The molecule has 0 amide bonds. The molecular formula is C28H21NS. The van der Waals surface area contributed by atoms with Gasteiger partial charge in [-0.1, -0.05) is 43.9 Å². The lowest BCUT2D eigenvalue weighted by Gasteiger charge is -2.22. The quantitative estimate of drug-likeness (QED) is 0.311. The van der Waals surface area contributed by atoms with Crippen LogP contribution in [-0.4, -0.2) is 4.98 Å². The van der Waals surface area contributed by atoms with Crippen LogP contribution in [-0.2, 0) is 5.41 Å². The van der Waals surface area contributed by atoms with E-state index >= 15 is 0 Å². The maximum Gasteiger partial charge on any atom is 0.124 e. The molecule has 0 atom stereocenters. The number of hydrogen-bond donors (Lipinski definition) is 0. The Kier molecular flexibility index (Phi) is 4.28. The largest absolute Gasteiger partial charge is 0.236 e. The summed E-state index contributed by atoms with van der Waals surface area (Å²) in [6.45, 7) is 8.36. The van der Waals surface area contributed by atoms with Crippen molar-refractivity contribution in [3.63, 3.8) is 0 Å². The summed E-state index contributed by atoms with van der Waals surface area (Å²) >= 11 is 1.73. The zero-order chi connectivity index (χ0) is 20.9. The summed E-state index contributed by atoms with van der Waals surface area (Å²) in [4.78, 5) is 4.90. The minimum Gasteiger partial charge on any atom is -0.236 e. The van der Waals surface area contributed by atoms with Gasteiger partial charge in [0.25, 0.3) is 0 Å². The molecule has 0 radical (unpaired) electrons. The standard InChI is InChI=1S/C28H21NS/c1-5-7-18-9-12-21-22-13-11-20(17-24(22)28(3,4)23(21)15-18)27-29-25-14-10-19(8-6-2)16-26(25)30-27/h9-17H,1-4H3. The molecule has 0 aliphatic heterocycles. The molecule has 0 N–H and O–H groups in total. The van der Waals surface area contributed by atoms with Crippen molar-refractivity contribution in [1.29, 1.82) is 0 Å². The summed E-state index contributed by atoms with van der Waals surface area (Å²) in [6, 6.07) is 19.6. The van der Waals surface area contributed by atoms with Gasteiger partial charge in [-0.2, -0.15) is 0 Å². The average Bonchev–Trinajstić information content (AvgIpc) is 3.25. The third-order valence-corrected chi connectivity index (χ3v) is 6.92. The number of benzene rings is 3. The van der Waals surface area contributed by atoms with Crippen molar-refractivity contribution in [2.75, 3.05) is 0 Å². The fourth-order valence-electron chi connectivity index (χ4n) is 4.36. The maximum atomic E-state index is 4.90. The number of nitrogens with zero attached hydrogens (tertiary/aromatic N) is 1. The van der Waals surface area contributed by atoms with E-state index in [9.17, 15) is 0 Å². The van der Waals surface area contributed by atoms with Gasteiger partial charge < -0.3 is 0 Å². The third-order valence-electron chi connectivity index (χ3n) is 5.85. The molecule has 1 aliphatic rings. The van der Waals surface area contributed by atoms with E-state index in [-0.39, 0.29) is 5.41 Å². The molecule has 0 unspecified atom stereocenters. The average molecular weight is 404 g/mol. The topological polar surface area (TPSA) is 12.9 Å². The molecule has 0 spiro atoms. The van der Waals surface area contributed by atoms with Crippen LogP contribution in [0.15, 0.2) is 54.6 Å². The molecule has 0 saturated carbocycles. The lowest BCUT2D eigenvalue weighted by molar-refractivity contribution is 0.660. The molecule has 0 saturated heterocycles. The first-order valence-electron chi connectivity index (χ1n) is 10.1. The molecule has 1 aliphatic carbocycles. The molecule has 0 bridgehead atoms. The summed E-state index contributed by atoms with van der Waals surface area (Å²) in [6.07, 6.45) is 0. The molecule has 5 rings (SSSR count). The number of fused-ring (bicyclic) bond motifs is 4. The van der Waals surface area contributed by atoms with Crippen LogP contribution in [0.4, 0.5) is 0 Å². The Morgan fingerprint density at radius 3 is 2.13 bits per heavy atom. The van der Waals surface area contributed by atoms with Crippen LogP contribution in [0.5, 0.6) is 0 Å². The second-order valence-corrected chi connectivity index (χ2v) is 9.13. The summed E-state index contributed by atoms with van der Waals surface area (Å²) in [5, 5.41) is 1.05. The Bertz CT molecular complexity index is 1440. The van der Waals surface area contributed by atoms with Gasteiger partial charge in [0, 0.05) is 22.1 Å². The van der Waals surface area contributed by atoms with Crippen LogP contribution in [0.1, 0.15) is 49.9 Å². The Hall–Kier alpha value is -3.33. The maximum absolute atomic E-state index is 4.90. The fourth-order valence-corrected chi connectivity index (χ4v) is 5.36. The SMILES string of the molecule is CC#Cc1ccc2c(c1)C(C)(C)c1cc(-c3nc4ccc(C#CC)cc4s3)ccc1-2. The van der Waals surface area contributed by atoms with Crippen molar-refractivity contribution in [3.8, 4) is 45.4 Å². The Balaban J connectivity index is 1.62. The highest BCUT2D eigenvalue weighted by Gasteiger charge is 2.35. The molecule has 30 heavy (non-hydrogen) atoms. The Labute approximate surface area is 181 Å². The summed E-state index contributed by atoms with van der Waals surface area (Å²) in [5.74, 6) is 12.3. The predicted octanol–water partition coefficient (Wildman–Crippen LogP) is 7.01. The molecule has 2 heteroatoms. The van der Waals surface area contributed by atoms with Gasteiger partial charge in [0.2, 0.25) is 0 Å². The molecular weight excluding hydrogens is 382 g/mol. The first-order chi connectivity index (χ1) is 14.5. The smallest absolute Gasteiger partial charge is 0.124 e. The van der Waals surface area contributed by atoms with Gasteiger partial charge in [0.05, 0.1) is 10.2 Å². The van der Waals surface area contributed by atoms with Crippen LogP contribution >= 0.6 is 11.3 Å². The molecule has 0 fully saturated rings. The molecule has 1 aromatic heterocycles. The predicted molar refractivity (Wildman–Crippen MR) is 128 cm³/mol. The van der Waals surface area contributed by atoms with Crippen molar-refractivity contribution in [3.05, 3.63) is 76.9 Å². The fraction of sp³-hybridized carbons (Fsp3) is 0.179. The summed E-state index contributed by atoms with van der Waals surface area (Å²) in [7, 11) is 0. The van der Waals surface area contributed by atoms with E-state index in [1.165, 1.54) is 32.5 Å². The highest BCUT2D eigenvalue weighted by Crippen LogP contribution is 2.50. The molecule has 1 heterocycles. The van der Waals surface area contributed by atoms with Gasteiger partial charge >= 0.3 is 0 Å². The molecule has 144 valence electrons. The first kappa shape index (κ1) is 18.7. The molecule has 3 aromatic carbocycles. The van der Waals surface area contributed by atoms with E-state index in [1.54, 1.807) is 11.3 Å². The van der Waals surface area contributed by atoms with Crippen LogP contribution < -0.4 is 0 Å². The van der Waals surface area contributed by atoms with Crippen molar-refractivity contribution >= 4 is 21.6 Å². The number of thiazole rings is 1. The van der Waals surface area contributed by atoms with E-state index < -0.39 is 0 Å². The highest BCUT2D eigenvalue weighted by atomic mass is 32.1. The normalized spacial score (nSPS) is 13.1. The van der Waals surface area contributed by atoms with E-state index in [4.69, 9.17) is 4.98 Å². The van der Waals surface area contributed by atoms with Gasteiger partial charge in [-0.15, -0.1) is 23.2 Å². The van der Waals surface area contributed by atoms with Crippen molar-refractivity contribution in [2.45, 2.75) is 33.1 Å². The first-order valence-corrected chi connectivity index (χ1v) is 10.9. The van der Waals surface area contributed by atoms with E-state index in [2.05, 4.69) is 86.1 Å². The molecule has 1 nitrogen and oxygen atoms in total. The van der Waals surface area contributed by atoms with Crippen LogP contribution in [0, 0.1) is 23.7 Å².